The fourth-order valence-electron chi connectivity index (χ4n) is 9.60. The van der Waals surface area contributed by atoms with Crippen LogP contribution in [0.4, 0.5) is 4.39 Å². The molecule has 514 valence electrons. The van der Waals surface area contributed by atoms with Crippen molar-refractivity contribution in [2.24, 2.45) is 17.8 Å². The molecule has 4 radical (unpaired) electrons. The summed E-state index contributed by atoms with van der Waals surface area (Å²) in [5, 5.41) is 6.89. The Morgan fingerprint density at radius 2 is 0.667 bits per heavy atom. The number of aromatic nitrogens is 4. The van der Waals surface area contributed by atoms with E-state index in [0.29, 0.717) is 42.4 Å². The Morgan fingerprint density at radius 1 is 0.398 bits per heavy atom. The first-order valence-electron chi connectivity index (χ1n) is 32.1. The fourth-order valence-corrected chi connectivity index (χ4v) is 9.60. The zero-order valence-electron chi connectivity index (χ0n) is 61.4. The van der Waals surface area contributed by atoms with Crippen LogP contribution >= 0.6 is 0 Å². The number of methoxy groups -OCH3 is 2. The van der Waals surface area contributed by atoms with Crippen molar-refractivity contribution < 1.29 is 159 Å². The van der Waals surface area contributed by atoms with Crippen LogP contribution in [0.15, 0.2) is 131 Å². The first-order chi connectivity index (χ1) is 41.5. The standard InChI is InChI=1S/C12H13NO2.2C11H11NO2.C10H8FNO.3C7H14.4C2H6.4CH3.4Y/c1-3-15-10-4-5-11-9(8-10)6-7-13-12(11)14-2;2*1-2-14-9-3-4-10-8(7-9)5-6-12-11(10)13;1-13-10-9-3-2-8(11)6-7(9)4-5-12-10;3*1-7-5-3-2-4-6-7;4*1-2;;;;;;;;/h4-8H,3H2,1-2H3;2*3-7H,2H2,1H3,(H,12,13);2-6H,1H3;3*7H,2-6H2,1H3;4*1-2H3;4*1H3;;;;/q;;;;;;;;;;;4*-1;;;;. The molecule has 0 spiro atoms. The van der Waals surface area contributed by atoms with E-state index in [9.17, 15) is 14.0 Å². The van der Waals surface area contributed by atoms with Gasteiger partial charge in [-0.05, 0) is 157 Å². The van der Waals surface area contributed by atoms with E-state index in [1.165, 1.54) is 108 Å². The van der Waals surface area contributed by atoms with Gasteiger partial charge in [-0.2, -0.15) is 0 Å². The van der Waals surface area contributed by atoms with Gasteiger partial charge in [-0.3, -0.25) is 9.59 Å². The molecule has 0 bridgehead atoms. The van der Waals surface area contributed by atoms with Gasteiger partial charge in [0.1, 0.15) is 23.1 Å². The number of nitrogens with one attached hydrogen (secondary N) is 2. The van der Waals surface area contributed by atoms with Gasteiger partial charge < -0.3 is 63.4 Å². The fraction of sp³-hybridized carbons (Fsp3) is 0.481. The average Bonchev–Trinajstić information content (AvgIpc) is 1.98. The van der Waals surface area contributed by atoms with Crippen LogP contribution in [0.25, 0.3) is 43.1 Å². The maximum atomic E-state index is 12.8. The molecule has 8 aromatic rings. The number of fused-ring (bicyclic) bond motifs is 4. The zero-order chi connectivity index (χ0) is 63.2. The van der Waals surface area contributed by atoms with Gasteiger partial charge in [-0.25, -0.2) is 14.4 Å². The summed E-state index contributed by atoms with van der Waals surface area (Å²) in [7, 11) is 3.17. The number of aromatic amines is 2. The minimum absolute atomic E-state index is 0. The molecule has 0 aliphatic heterocycles. The molecule has 3 aliphatic rings. The Morgan fingerprint density at radius 3 is 0.935 bits per heavy atom. The minimum atomic E-state index is -0.249. The SMILES string of the molecule is CC.CC.CC.CC.CC1CCCCC1.CC1CCCCC1.CC1CCCCC1.CCOc1ccc2c(=O)[nH]ccc2c1.CCOc1ccc2c(=O)[nH]ccc2c1.CCOc1ccc2c(OC)nccc2c1.COc1nccc2cc(F)ccc12.[CH3-].[CH3-].[CH3-].[CH3-].[Y].[Y].[Y].[Y]. The number of ether oxygens (including phenoxy) is 5. The number of benzene rings is 4. The maximum absolute atomic E-state index is 12.8. The monoisotopic (exact) mass is 1590 g/mol. The van der Waals surface area contributed by atoms with Crippen LogP contribution in [-0.4, -0.2) is 54.0 Å². The number of hydrogen-bond acceptors (Lipinski definition) is 9. The van der Waals surface area contributed by atoms with E-state index < -0.39 is 0 Å². The van der Waals surface area contributed by atoms with Gasteiger partial charge >= 0.3 is 0 Å². The molecule has 93 heavy (non-hydrogen) atoms. The van der Waals surface area contributed by atoms with Crippen LogP contribution in [-0.2, 0) is 131 Å². The summed E-state index contributed by atoms with van der Waals surface area (Å²) in [6.07, 6.45) is 28.9. The molecule has 11 nitrogen and oxygen atoms in total. The summed E-state index contributed by atoms with van der Waals surface area (Å²) >= 11 is 0. The van der Waals surface area contributed by atoms with Crippen LogP contribution in [0.5, 0.6) is 29.0 Å². The van der Waals surface area contributed by atoms with Crippen molar-refractivity contribution in [3.05, 3.63) is 178 Å². The van der Waals surface area contributed by atoms with Gasteiger partial charge in [-0.15, -0.1) is 0 Å². The number of rotatable bonds is 8. The van der Waals surface area contributed by atoms with Crippen molar-refractivity contribution in [2.45, 2.75) is 193 Å². The molecule has 3 fully saturated rings. The number of H-pyrrole nitrogens is 2. The van der Waals surface area contributed by atoms with Gasteiger partial charge in [0.05, 0.1) is 34.0 Å². The Kier molecular flexibility index (Phi) is 77.9. The van der Waals surface area contributed by atoms with E-state index in [0.717, 1.165) is 67.3 Å². The molecular weight excluding hydrogens is 1470 g/mol. The van der Waals surface area contributed by atoms with E-state index in [1.54, 1.807) is 75.4 Å². The number of pyridine rings is 4. The molecular formula is C77H121FN4O7Y4-4. The first-order valence-corrected chi connectivity index (χ1v) is 32.1. The van der Waals surface area contributed by atoms with Gasteiger partial charge in [0, 0.05) is 177 Å². The smallest absolute Gasteiger partial charge is 0.255 e. The molecule has 0 unspecified atom stereocenters. The summed E-state index contributed by atoms with van der Waals surface area (Å²) in [5.41, 5.74) is -0.129. The molecule has 11 rings (SSSR count). The predicted molar refractivity (Wildman–Crippen MR) is 387 cm³/mol. The molecule has 0 atom stereocenters. The van der Waals surface area contributed by atoms with E-state index in [4.69, 9.17) is 23.7 Å². The number of halogens is 1. The number of nitrogens with zero attached hydrogens (tertiary/aromatic N) is 2. The normalized spacial score (nSPS) is 12.2. The van der Waals surface area contributed by atoms with Gasteiger partial charge in [0.2, 0.25) is 11.8 Å². The molecule has 2 N–H and O–H groups in total. The van der Waals surface area contributed by atoms with Crippen LogP contribution in [0, 0.1) is 53.3 Å². The quantitative estimate of drug-likeness (QED) is 0.142. The van der Waals surface area contributed by atoms with E-state index in [2.05, 4.69) is 40.7 Å². The van der Waals surface area contributed by atoms with Gasteiger partial charge in [0.25, 0.3) is 11.1 Å². The molecule has 0 amide bonds. The summed E-state index contributed by atoms with van der Waals surface area (Å²) in [4.78, 5) is 36.1. The van der Waals surface area contributed by atoms with Crippen LogP contribution < -0.4 is 34.8 Å². The van der Waals surface area contributed by atoms with Crippen molar-refractivity contribution in [1.29, 1.82) is 0 Å². The second-order valence-corrected chi connectivity index (χ2v) is 20.0. The molecule has 0 saturated heterocycles. The Balaban J connectivity index is -0.000000148. The molecule has 4 aromatic heterocycles. The number of hydrogen-bond donors (Lipinski definition) is 2. The average molecular weight is 1590 g/mol. The zero-order valence-corrected chi connectivity index (χ0v) is 72.8. The van der Waals surface area contributed by atoms with Crippen molar-refractivity contribution in [3.8, 4) is 29.0 Å². The van der Waals surface area contributed by atoms with Crippen molar-refractivity contribution >= 4 is 43.1 Å². The second-order valence-electron chi connectivity index (χ2n) is 20.0. The van der Waals surface area contributed by atoms with Crippen molar-refractivity contribution in [3.63, 3.8) is 0 Å². The van der Waals surface area contributed by atoms with Crippen LogP contribution in [0.3, 0.4) is 0 Å². The summed E-state index contributed by atoms with van der Waals surface area (Å²) in [5.74, 6) is 6.50. The Labute approximate surface area is 666 Å². The van der Waals surface area contributed by atoms with Crippen molar-refractivity contribution in [1.82, 2.24) is 19.9 Å². The minimum Gasteiger partial charge on any atom is -0.494 e. The largest absolute Gasteiger partial charge is 0.494 e. The Hall–Kier alpha value is -2.53. The topological polar surface area (TPSA) is 138 Å². The summed E-state index contributed by atoms with van der Waals surface area (Å²) in [6, 6.07) is 28.7. The second kappa shape index (κ2) is 68.0. The van der Waals surface area contributed by atoms with Crippen LogP contribution in [0.2, 0.25) is 0 Å². The molecule has 16 heteroatoms. The Bertz CT molecular complexity index is 2960. The van der Waals surface area contributed by atoms with E-state index in [-0.39, 0.29) is 177 Å². The van der Waals surface area contributed by atoms with Crippen molar-refractivity contribution in [2.75, 3.05) is 34.0 Å². The third kappa shape index (κ3) is 42.8. The van der Waals surface area contributed by atoms with E-state index in [1.807, 2.05) is 125 Å². The predicted octanol–water partition coefficient (Wildman–Crippen LogP) is 22.5. The molecule has 3 aliphatic carbocycles. The molecule has 4 aromatic carbocycles. The third-order valence-electron chi connectivity index (χ3n) is 13.9. The molecule has 4 heterocycles. The van der Waals surface area contributed by atoms with E-state index >= 15 is 0 Å². The van der Waals surface area contributed by atoms with Crippen LogP contribution in [0.1, 0.15) is 193 Å². The summed E-state index contributed by atoms with van der Waals surface area (Å²) in [6.45, 7) is 30.9. The summed E-state index contributed by atoms with van der Waals surface area (Å²) < 4.78 is 39.1. The molecule has 3 saturated carbocycles. The van der Waals surface area contributed by atoms with Gasteiger partial charge in [-0.1, -0.05) is 172 Å². The third-order valence-corrected chi connectivity index (χ3v) is 13.9. The first kappa shape index (κ1) is 106. The van der Waals surface area contributed by atoms with Gasteiger partial charge in [0.15, 0.2) is 0 Å². The maximum Gasteiger partial charge on any atom is 0.255 e.